The first kappa shape index (κ1) is 13.7. The Balaban J connectivity index is 2.40. The topological polar surface area (TPSA) is 36.1 Å². The van der Waals surface area contributed by atoms with Crippen LogP contribution in [0.15, 0.2) is 18.2 Å². The molecule has 0 aliphatic rings. The molecule has 0 radical (unpaired) electrons. The number of carbonyl (C=O) groups excluding carboxylic acids is 1. The van der Waals surface area contributed by atoms with Crippen LogP contribution >= 0.6 is 0 Å². The summed E-state index contributed by atoms with van der Waals surface area (Å²) in [6.07, 6.45) is 0.965. The third-order valence-corrected chi connectivity index (χ3v) is 4.13. The molecule has 1 N–H and O–H groups in total. The number of hydrogen-bond acceptors (Lipinski definition) is 1. The maximum Gasteiger partial charge on any atom is 0.253 e. The molecular weight excluding hydrogens is 236 g/mol. The lowest BCUT2D eigenvalue weighted by Crippen LogP contribution is -2.34. The monoisotopic (exact) mass is 258 g/mol. The largest absolute Gasteiger partial charge is 0.358 e. The predicted octanol–water partition coefficient (Wildman–Crippen LogP) is 3.66. The minimum Gasteiger partial charge on any atom is -0.358 e. The zero-order valence-corrected chi connectivity index (χ0v) is 12.4. The number of nitrogens with zero attached hydrogens (tertiary/aromatic N) is 1. The number of benzene rings is 1. The standard InChI is InChI=1S/C16H22N2O/c1-6-10(2)18(5)16(19)13-7-8-15-14(9-13)11(3)12(4)17-15/h7-10,17H,6H2,1-5H3. The Bertz CT molecular complexity index is 612. The summed E-state index contributed by atoms with van der Waals surface area (Å²) in [6, 6.07) is 6.15. The van der Waals surface area contributed by atoms with Crippen LogP contribution in [0.2, 0.25) is 0 Å². The lowest BCUT2D eigenvalue weighted by molar-refractivity contribution is 0.0741. The van der Waals surface area contributed by atoms with Crippen LogP contribution in [0, 0.1) is 13.8 Å². The van der Waals surface area contributed by atoms with Gasteiger partial charge in [-0.3, -0.25) is 4.79 Å². The van der Waals surface area contributed by atoms with Crippen LogP contribution in [-0.4, -0.2) is 28.9 Å². The minimum absolute atomic E-state index is 0.0921. The van der Waals surface area contributed by atoms with Gasteiger partial charge in [-0.05, 0) is 51.0 Å². The van der Waals surface area contributed by atoms with Gasteiger partial charge in [-0.2, -0.15) is 0 Å². The maximum atomic E-state index is 12.4. The second-order valence-electron chi connectivity index (χ2n) is 5.31. The molecule has 3 heteroatoms. The van der Waals surface area contributed by atoms with Crippen LogP contribution in [-0.2, 0) is 0 Å². The lowest BCUT2D eigenvalue weighted by Gasteiger charge is -2.23. The number of aryl methyl sites for hydroxylation is 2. The average molecular weight is 258 g/mol. The fraction of sp³-hybridized carbons (Fsp3) is 0.438. The number of aromatic amines is 1. The summed E-state index contributed by atoms with van der Waals surface area (Å²) in [7, 11) is 1.87. The zero-order valence-electron chi connectivity index (χ0n) is 12.4. The Morgan fingerprint density at radius 3 is 2.68 bits per heavy atom. The van der Waals surface area contributed by atoms with Crippen molar-refractivity contribution in [3.05, 3.63) is 35.0 Å². The first-order valence-corrected chi connectivity index (χ1v) is 6.81. The molecule has 1 unspecified atom stereocenters. The van der Waals surface area contributed by atoms with Gasteiger partial charge in [-0.25, -0.2) is 0 Å². The number of nitrogens with one attached hydrogen (secondary N) is 1. The van der Waals surface area contributed by atoms with E-state index in [1.165, 1.54) is 5.56 Å². The van der Waals surface area contributed by atoms with E-state index in [0.717, 1.165) is 28.6 Å². The fourth-order valence-electron chi connectivity index (χ4n) is 2.27. The first-order valence-electron chi connectivity index (χ1n) is 6.81. The summed E-state index contributed by atoms with van der Waals surface area (Å²) < 4.78 is 0. The number of rotatable bonds is 3. The molecule has 1 aromatic carbocycles. The van der Waals surface area contributed by atoms with Crippen LogP contribution in [0.1, 0.15) is 41.9 Å². The van der Waals surface area contributed by atoms with Crippen molar-refractivity contribution in [1.82, 2.24) is 9.88 Å². The highest BCUT2D eigenvalue weighted by atomic mass is 16.2. The van der Waals surface area contributed by atoms with E-state index in [2.05, 4.69) is 32.7 Å². The quantitative estimate of drug-likeness (QED) is 0.896. The van der Waals surface area contributed by atoms with Crippen LogP contribution in [0.4, 0.5) is 0 Å². The Hall–Kier alpha value is -1.77. The average Bonchev–Trinajstić information content (AvgIpc) is 2.71. The number of aromatic nitrogens is 1. The van der Waals surface area contributed by atoms with Gasteiger partial charge in [0.15, 0.2) is 0 Å². The SMILES string of the molecule is CCC(C)N(C)C(=O)c1ccc2[nH]c(C)c(C)c2c1. The van der Waals surface area contributed by atoms with Gasteiger partial charge < -0.3 is 9.88 Å². The van der Waals surface area contributed by atoms with Crippen molar-refractivity contribution >= 4 is 16.8 Å². The molecule has 3 nitrogen and oxygen atoms in total. The fourth-order valence-corrected chi connectivity index (χ4v) is 2.27. The normalized spacial score (nSPS) is 12.7. The van der Waals surface area contributed by atoms with E-state index in [4.69, 9.17) is 0 Å². The highest BCUT2D eigenvalue weighted by molar-refractivity contribution is 5.99. The van der Waals surface area contributed by atoms with Crippen molar-refractivity contribution < 1.29 is 4.79 Å². The second-order valence-corrected chi connectivity index (χ2v) is 5.31. The first-order chi connectivity index (χ1) is 8.95. The maximum absolute atomic E-state index is 12.4. The molecule has 1 heterocycles. The molecule has 0 aliphatic heterocycles. The molecular formula is C16H22N2O. The molecule has 0 saturated heterocycles. The Kier molecular flexibility index (Phi) is 3.65. The summed E-state index contributed by atoms with van der Waals surface area (Å²) in [5.41, 5.74) is 4.24. The van der Waals surface area contributed by atoms with Crippen molar-refractivity contribution in [2.75, 3.05) is 7.05 Å². The lowest BCUT2D eigenvalue weighted by atomic mass is 10.1. The van der Waals surface area contributed by atoms with Crippen LogP contribution in [0.3, 0.4) is 0 Å². The number of carbonyl (C=O) groups is 1. The van der Waals surface area contributed by atoms with Crippen LogP contribution in [0.25, 0.3) is 10.9 Å². The zero-order chi connectivity index (χ0) is 14.2. The molecule has 2 rings (SSSR count). The van der Waals surface area contributed by atoms with Crippen LogP contribution < -0.4 is 0 Å². The number of H-pyrrole nitrogens is 1. The molecule has 1 atom stereocenters. The van der Waals surface area contributed by atoms with Crippen LogP contribution in [0.5, 0.6) is 0 Å². The molecule has 0 spiro atoms. The van der Waals surface area contributed by atoms with Crippen molar-refractivity contribution in [1.29, 1.82) is 0 Å². The van der Waals surface area contributed by atoms with Crippen molar-refractivity contribution in [3.63, 3.8) is 0 Å². The Morgan fingerprint density at radius 2 is 2.05 bits per heavy atom. The summed E-state index contributed by atoms with van der Waals surface area (Å²) in [6.45, 7) is 8.31. The number of hydrogen-bond donors (Lipinski definition) is 1. The van der Waals surface area contributed by atoms with Crippen molar-refractivity contribution in [2.24, 2.45) is 0 Å². The summed E-state index contributed by atoms with van der Waals surface area (Å²) in [5.74, 6) is 0.0921. The van der Waals surface area contributed by atoms with Gasteiger partial charge in [0.2, 0.25) is 0 Å². The molecule has 2 aromatic rings. The number of fused-ring (bicyclic) bond motifs is 1. The second kappa shape index (κ2) is 5.08. The predicted molar refractivity (Wildman–Crippen MR) is 79.6 cm³/mol. The van der Waals surface area contributed by atoms with E-state index < -0.39 is 0 Å². The highest BCUT2D eigenvalue weighted by Crippen LogP contribution is 2.23. The molecule has 19 heavy (non-hydrogen) atoms. The molecule has 0 bridgehead atoms. The van der Waals surface area contributed by atoms with Gasteiger partial charge in [0.25, 0.3) is 5.91 Å². The highest BCUT2D eigenvalue weighted by Gasteiger charge is 2.17. The third kappa shape index (κ3) is 2.37. The Morgan fingerprint density at radius 1 is 1.37 bits per heavy atom. The van der Waals surface area contributed by atoms with E-state index in [1.807, 2.05) is 30.1 Å². The van der Waals surface area contributed by atoms with E-state index in [-0.39, 0.29) is 11.9 Å². The molecule has 0 saturated carbocycles. The summed E-state index contributed by atoms with van der Waals surface area (Å²) in [4.78, 5) is 17.6. The van der Waals surface area contributed by atoms with Gasteiger partial charge in [0.1, 0.15) is 0 Å². The van der Waals surface area contributed by atoms with Crippen molar-refractivity contribution in [3.8, 4) is 0 Å². The number of amides is 1. The van der Waals surface area contributed by atoms with E-state index >= 15 is 0 Å². The molecule has 1 amide bonds. The summed E-state index contributed by atoms with van der Waals surface area (Å²) in [5, 5.41) is 1.14. The van der Waals surface area contributed by atoms with Gasteiger partial charge in [-0.1, -0.05) is 6.92 Å². The molecule has 0 fully saturated rings. The van der Waals surface area contributed by atoms with E-state index in [1.54, 1.807) is 0 Å². The summed E-state index contributed by atoms with van der Waals surface area (Å²) >= 11 is 0. The Labute approximate surface area is 114 Å². The molecule has 1 aromatic heterocycles. The van der Waals surface area contributed by atoms with E-state index in [9.17, 15) is 4.79 Å². The van der Waals surface area contributed by atoms with E-state index in [0.29, 0.717) is 0 Å². The van der Waals surface area contributed by atoms with Gasteiger partial charge in [-0.15, -0.1) is 0 Å². The van der Waals surface area contributed by atoms with Gasteiger partial charge in [0, 0.05) is 35.2 Å². The molecule has 0 aliphatic carbocycles. The molecule has 102 valence electrons. The minimum atomic E-state index is 0.0921. The van der Waals surface area contributed by atoms with Gasteiger partial charge in [0.05, 0.1) is 0 Å². The smallest absolute Gasteiger partial charge is 0.253 e. The third-order valence-electron chi connectivity index (χ3n) is 4.13. The van der Waals surface area contributed by atoms with Crippen molar-refractivity contribution in [2.45, 2.75) is 40.2 Å². The van der Waals surface area contributed by atoms with Gasteiger partial charge >= 0.3 is 0 Å².